The maximum atomic E-state index is 12.0. The van der Waals surface area contributed by atoms with Crippen LogP contribution >= 0.6 is 0 Å². The van der Waals surface area contributed by atoms with Crippen LogP contribution in [0.25, 0.3) is 6.08 Å². The van der Waals surface area contributed by atoms with Crippen molar-refractivity contribution in [3.8, 4) is 0 Å². The molecule has 1 atom stereocenters. The van der Waals surface area contributed by atoms with E-state index in [0.29, 0.717) is 6.61 Å². The molecule has 1 aliphatic rings. The van der Waals surface area contributed by atoms with Gasteiger partial charge < -0.3 is 4.74 Å². The SMILES string of the molecule is CCOC(=O)C1CCCCN1C/C=C/c1ccccc1. The minimum atomic E-state index is -0.0692. The third-order valence-corrected chi connectivity index (χ3v) is 3.62. The first-order valence-electron chi connectivity index (χ1n) is 7.43. The number of rotatable bonds is 5. The first-order valence-corrected chi connectivity index (χ1v) is 7.43. The molecular weight excluding hydrogens is 250 g/mol. The summed E-state index contributed by atoms with van der Waals surface area (Å²) in [4.78, 5) is 14.2. The number of hydrogen-bond acceptors (Lipinski definition) is 3. The Kier molecular flexibility index (Phi) is 5.81. The summed E-state index contributed by atoms with van der Waals surface area (Å²) in [5.41, 5.74) is 1.19. The third-order valence-electron chi connectivity index (χ3n) is 3.62. The van der Waals surface area contributed by atoms with Crippen molar-refractivity contribution < 1.29 is 9.53 Å². The molecule has 0 spiro atoms. The van der Waals surface area contributed by atoms with E-state index in [9.17, 15) is 4.79 Å². The molecule has 1 fully saturated rings. The fourth-order valence-electron chi connectivity index (χ4n) is 2.60. The first kappa shape index (κ1) is 14.8. The van der Waals surface area contributed by atoms with Crippen molar-refractivity contribution >= 4 is 12.0 Å². The van der Waals surface area contributed by atoms with Gasteiger partial charge in [0.1, 0.15) is 6.04 Å². The van der Waals surface area contributed by atoms with Gasteiger partial charge in [0.25, 0.3) is 0 Å². The highest BCUT2D eigenvalue weighted by atomic mass is 16.5. The molecule has 20 heavy (non-hydrogen) atoms. The third kappa shape index (κ3) is 4.20. The summed E-state index contributed by atoms with van der Waals surface area (Å²) < 4.78 is 5.17. The normalized spacial score (nSPS) is 20.1. The lowest BCUT2D eigenvalue weighted by atomic mass is 10.0. The Hall–Kier alpha value is -1.61. The molecule has 0 N–H and O–H groups in total. The molecule has 2 rings (SSSR count). The zero-order valence-electron chi connectivity index (χ0n) is 12.1. The van der Waals surface area contributed by atoms with Crippen LogP contribution in [0.1, 0.15) is 31.7 Å². The largest absolute Gasteiger partial charge is 0.465 e. The second-order valence-corrected chi connectivity index (χ2v) is 5.07. The van der Waals surface area contributed by atoms with E-state index in [4.69, 9.17) is 4.74 Å². The summed E-state index contributed by atoms with van der Waals surface area (Å²) in [5, 5.41) is 0. The van der Waals surface area contributed by atoms with Crippen molar-refractivity contribution in [1.29, 1.82) is 0 Å². The lowest BCUT2D eigenvalue weighted by molar-refractivity contribution is -0.150. The minimum absolute atomic E-state index is 0.0656. The van der Waals surface area contributed by atoms with E-state index in [0.717, 1.165) is 32.4 Å². The summed E-state index contributed by atoms with van der Waals surface area (Å²) in [5.74, 6) is -0.0692. The first-order chi connectivity index (χ1) is 9.81. The number of carbonyl (C=O) groups is 1. The number of hydrogen-bond donors (Lipinski definition) is 0. The Morgan fingerprint density at radius 3 is 2.90 bits per heavy atom. The predicted octanol–water partition coefficient (Wildman–Crippen LogP) is 3.12. The highest BCUT2D eigenvalue weighted by Crippen LogP contribution is 2.18. The van der Waals surface area contributed by atoms with Crippen molar-refractivity contribution in [1.82, 2.24) is 4.90 Å². The summed E-state index contributed by atoms with van der Waals surface area (Å²) in [6, 6.07) is 10.2. The Labute approximate surface area is 121 Å². The molecule has 108 valence electrons. The van der Waals surface area contributed by atoms with Gasteiger partial charge in [-0.2, -0.15) is 0 Å². The van der Waals surface area contributed by atoms with Crippen molar-refractivity contribution in [2.75, 3.05) is 19.7 Å². The average Bonchev–Trinajstić information content (AvgIpc) is 2.49. The number of esters is 1. The van der Waals surface area contributed by atoms with Crippen molar-refractivity contribution in [3.05, 3.63) is 42.0 Å². The van der Waals surface area contributed by atoms with Gasteiger partial charge in [0, 0.05) is 6.54 Å². The number of carbonyl (C=O) groups excluding carboxylic acids is 1. The smallest absolute Gasteiger partial charge is 0.323 e. The number of benzene rings is 1. The van der Waals surface area contributed by atoms with Gasteiger partial charge in [-0.15, -0.1) is 0 Å². The van der Waals surface area contributed by atoms with Crippen LogP contribution in [-0.2, 0) is 9.53 Å². The molecule has 1 aromatic rings. The van der Waals surface area contributed by atoms with Gasteiger partial charge in [0.15, 0.2) is 0 Å². The van der Waals surface area contributed by atoms with E-state index < -0.39 is 0 Å². The van der Waals surface area contributed by atoms with Crippen molar-refractivity contribution in [3.63, 3.8) is 0 Å². The second kappa shape index (κ2) is 7.85. The summed E-state index contributed by atoms with van der Waals surface area (Å²) in [6.07, 6.45) is 7.43. The van der Waals surface area contributed by atoms with Crippen LogP contribution in [0.5, 0.6) is 0 Å². The highest BCUT2D eigenvalue weighted by molar-refractivity contribution is 5.76. The fraction of sp³-hybridized carbons (Fsp3) is 0.471. The van der Waals surface area contributed by atoms with E-state index in [1.54, 1.807) is 0 Å². The average molecular weight is 273 g/mol. The molecule has 0 radical (unpaired) electrons. The van der Waals surface area contributed by atoms with E-state index in [-0.39, 0.29) is 12.0 Å². The molecule has 0 saturated carbocycles. The Morgan fingerprint density at radius 1 is 1.35 bits per heavy atom. The standard InChI is InChI=1S/C17H23NO2/c1-2-20-17(19)16-12-6-7-13-18(16)14-8-11-15-9-4-3-5-10-15/h3-5,8-11,16H,2,6-7,12-14H2,1H3/b11-8+. The molecule has 3 nitrogen and oxygen atoms in total. The zero-order valence-corrected chi connectivity index (χ0v) is 12.1. The molecule has 1 saturated heterocycles. The van der Waals surface area contributed by atoms with E-state index in [1.165, 1.54) is 5.56 Å². The minimum Gasteiger partial charge on any atom is -0.465 e. The quantitative estimate of drug-likeness (QED) is 0.772. The van der Waals surface area contributed by atoms with Gasteiger partial charge in [-0.25, -0.2) is 0 Å². The number of ether oxygens (including phenoxy) is 1. The molecule has 1 aromatic carbocycles. The van der Waals surface area contributed by atoms with E-state index in [2.05, 4.69) is 29.2 Å². The van der Waals surface area contributed by atoms with Crippen LogP contribution in [0.2, 0.25) is 0 Å². The predicted molar refractivity (Wildman–Crippen MR) is 81.3 cm³/mol. The lowest BCUT2D eigenvalue weighted by Gasteiger charge is -2.33. The summed E-state index contributed by atoms with van der Waals surface area (Å²) in [6.45, 7) is 4.10. The Morgan fingerprint density at radius 2 is 2.15 bits per heavy atom. The van der Waals surface area contributed by atoms with Gasteiger partial charge >= 0.3 is 5.97 Å². The monoisotopic (exact) mass is 273 g/mol. The van der Waals surface area contributed by atoms with Crippen LogP contribution in [-0.4, -0.2) is 36.6 Å². The van der Waals surface area contributed by atoms with Gasteiger partial charge in [-0.05, 0) is 31.9 Å². The Bertz CT molecular complexity index is 442. The zero-order chi connectivity index (χ0) is 14.2. The van der Waals surface area contributed by atoms with Gasteiger partial charge in [0.05, 0.1) is 6.61 Å². The molecule has 1 aliphatic heterocycles. The highest BCUT2D eigenvalue weighted by Gasteiger charge is 2.28. The van der Waals surface area contributed by atoms with Crippen LogP contribution in [0.15, 0.2) is 36.4 Å². The van der Waals surface area contributed by atoms with Gasteiger partial charge in [-0.1, -0.05) is 48.9 Å². The molecule has 0 aliphatic carbocycles. The van der Waals surface area contributed by atoms with Crippen LogP contribution < -0.4 is 0 Å². The van der Waals surface area contributed by atoms with Crippen LogP contribution in [0, 0.1) is 0 Å². The van der Waals surface area contributed by atoms with E-state index >= 15 is 0 Å². The summed E-state index contributed by atoms with van der Waals surface area (Å²) >= 11 is 0. The number of likely N-dealkylation sites (tertiary alicyclic amines) is 1. The molecular formula is C17H23NO2. The Balaban J connectivity index is 1.92. The number of nitrogens with zero attached hydrogens (tertiary/aromatic N) is 1. The van der Waals surface area contributed by atoms with Gasteiger partial charge in [0.2, 0.25) is 0 Å². The van der Waals surface area contributed by atoms with Crippen LogP contribution in [0.3, 0.4) is 0 Å². The lowest BCUT2D eigenvalue weighted by Crippen LogP contribution is -2.45. The maximum absolute atomic E-state index is 12.0. The molecule has 3 heteroatoms. The maximum Gasteiger partial charge on any atom is 0.323 e. The molecule has 0 bridgehead atoms. The number of piperidine rings is 1. The molecule has 0 amide bonds. The second-order valence-electron chi connectivity index (χ2n) is 5.07. The topological polar surface area (TPSA) is 29.5 Å². The van der Waals surface area contributed by atoms with Gasteiger partial charge in [-0.3, -0.25) is 9.69 Å². The van der Waals surface area contributed by atoms with Crippen molar-refractivity contribution in [2.45, 2.75) is 32.2 Å². The van der Waals surface area contributed by atoms with Crippen LogP contribution in [0.4, 0.5) is 0 Å². The molecule has 1 unspecified atom stereocenters. The summed E-state index contributed by atoms with van der Waals surface area (Å²) in [7, 11) is 0. The fourth-order valence-corrected chi connectivity index (χ4v) is 2.60. The van der Waals surface area contributed by atoms with Crippen molar-refractivity contribution in [2.24, 2.45) is 0 Å². The van der Waals surface area contributed by atoms with E-state index in [1.807, 2.05) is 25.1 Å². The molecule has 1 heterocycles. The molecule has 0 aromatic heterocycles.